The van der Waals surface area contributed by atoms with E-state index in [2.05, 4.69) is 0 Å². The van der Waals surface area contributed by atoms with E-state index in [9.17, 15) is 13.9 Å². The quantitative estimate of drug-likeness (QED) is 0.624. The van der Waals surface area contributed by atoms with Crippen LogP contribution < -0.4 is 0 Å². The molecule has 0 saturated heterocycles. The first-order valence-corrected chi connectivity index (χ1v) is 5.48. The van der Waals surface area contributed by atoms with Crippen LogP contribution in [0.5, 0.6) is 5.75 Å². The Morgan fingerprint density at radius 3 is 2.50 bits per heavy atom. The summed E-state index contributed by atoms with van der Waals surface area (Å²) in [4.78, 5) is 0. The number of fused-ring (bicyclic) bond motifs is 3. The lowest BCUT2D eigenvalue weighted by atomic mass is 10.1. The van der Waals surface area contributed by atoms with Gasteiger partial charge >= 0.3 is 0 Å². The Bertz CT molecular complexity index is 703. The van der Waals surface area contributed by atoms with Gasteiger partial charge in [0, 0.05) is 10.8 Å². The van der Waals surface area contributed by atoms with Crippen LogP contribution in [0.3, 0.4) is 0 Å². The van der Waals surface area contributed by atoms with Crippen LogP contribution in [0.15, 0.2) is 30.3 Å². The maximum atomic E-state index is 13.6. The molecule has 0 amide bonds. The molecule has 1 nitrogen and oxygen atoms in total. The van der Waals surface area contributed by atoms with Crippen LogP contribution in [-0.2, 0) is 0 Å². The zero-order valence-corrected chi connectivity index (χ0v) is 8.81. The van der Waals surface area contributed by atoms with Gasteiger partial charge in [-0.3, -0.25) is 0 Å². The molecular formula is C12H6F2OS. The number of rotatable bonds is 0. The van der Waals surface area contributed by atoms with Crippen LogP contribution in [0.1, 0.15) is 0 Å². The number of hydrogen-bond donors (Lipinski definition) is 1. The molecule has 4 heteroatoms. The second-order valence-electron chi connectivity index (χ2n) is 3.49. The maximum absolute atomic E-state index is 13.6. The molecule has 80 valence electrons. The standard InChI is InChI=1S/C12H6F2OS/c13-8-3-1-2-6-7-4-5-9(15)10(14)12(7)16-11(6)8/h1-5,15H. The first kappa shape index (κ1) is 9.54. The molecule has 0 unspecified atom stereocenters. The largest absolute Gasteiger partial charge is 0.505 e. The summed E-state index contributed by atoms with van der Waals surface area (Å²) in [5.74, 6) is -1.45. The molecule has 3 rings (SSSR count). The zero-order chi connectivity index (χ0) is 11.3. The van der Waals surface area contributed by atoms with Gasteiger partial charge in [-0.1, -0.05) is 12.1 Å². The summed E-state index contributed by atoms with van der Waals surface area (Å²) < 4.78 is 27.8. The molecule has 1 N–H and O–H groups in total. The van der Waals surface area contributed by atoms with E-state index >= 15 is 0 Å². The summed E-state index contributed by atoms with van der Waals surface area (Å²) in [6, 6.07) is 7.57. The zero-order valence-electron chi connectivity index (χ0n) is 8.00. The third-order valence-corrected chi connectivity index (χ3v) is 3.76. The van der Waals surface area contributed by atoms with E-state index < -0.39 is 11.6 Å². The fourth-order valence-corrected chi connectivity index (χ4v) is 2.92. The average Bonchev–Trinajstić information content (AvgIpc) is 2.65. The van der Waals surface area contributed by atoms with Crippen molar-refractivity contribution in [3.63, 3.8) is 0 Å². The van der Waals surface area contributed by atoms with Gasteiger partial charge in [-0.15, -0.1) is 11.3 Å². The molecule has 0 radical (unpaired) electrons. The molecule has 0 aliphatic carbocycles. The lowest BCUT2D eigenvalue weighted by molar-refractivity contribution is 0.436. The lowest BCUT2D eigenvalue weighted by Gasteiger charge is -1.95. The molecule has 0 aliphatic rings. The van der Waals surface area contributed by atoms with Crippen molar-refractivity contribution in [3.8, 4) is 5.75 Å². The average molecular weight is 236 g/mol. The van der Waals surface area contributed by atoms with Crippen molar-refractivity contribution >= 4 is 31.5 Å². The predicted octanol–water partition coefficient (Wildman–Crippen LogP) is 4.04. The van der Waals surface area contributed by atoms with Gasteiger partial charge in [0.25, 0.3) is 0 Å². The molecule has 0 aliphatic heterocycles. The van der Waals surface area contributed by atoms with Crippen LogP contribution in [0.2, 0.25) is 0 Å². The van der Waals surface area contributed by atoms with Gasteiger partial charge in [0.2, 0.25) is 0 Å². The number of hydrogen-bond acceptors (Lipinski definition) is 2. The molecule has 1 aromatic heterocycles. The fraction of sp³-hybridized carbons (Fsp3) is 0. The van der Waals surface area contributed by atoms with Crippen LogP contribution in [0.4, 0.5) is 8.78 Å². The number of benzene rings is 2. The van der Waals surface area contributed by atoms with Gasteiger partial charge in [0.15, 0.2) is 11.6 Å². The van der Waals surface area contributed by atoms with Crippen molar-refractivity contribution in [2.24, 2.45) is 0 Å². The van der Waals surface area contributed by atoms with E-state index in [4.69, 9.17) is 0 Å². The molecule has 0 saturated carbocycles. The van der Waals surface area contributed by atoms with Gasteiger partial charge in [-0.2, -0.15) is 0 Å². The SMILES string of the molecule is Oc1ccc2c(sc3c(F)cccc32)c1F. The van der Waals surface area contributed by atoms with Gasteiger partial charge in [-0.25, -0.2) is 8.78 Å². The van der Waals surface area contributed by atoms with Crippen molar-refractivity contribution < 1.29 is 13.9 Å². The molecule has 0 fully saturated rings. The minimum Gasteiger partial charge on any atom is -0.505 e. The van der Waals surface area contributed by atoms with Crippen LogP contribution in [0, 0.1) is 11.6 Å². The molecular weight excluding hydrogens is 230 g/mol. The van der Waals surface area contributed by atoms with E-state index in [1.807, 2.05) is 0 Å². The Morgan fingerprint density at radius 2 is 1.69 bits per heavy atom. The lowest BCUT2D eigenvalue weighted by Crippen LogP contribution is -1.75. The van der Waals surface area contributed by atoms with Crippen molar-refractivity contribution in [1.82, 2.24) is 0 Å². The van der Waals surface area contributed by atoms with E-state index in [-0.39, 0.29) is 5.82 Å². The number of phenols is 1. The van der Waals surface area contributed by atoms with E-state index in [0.717, 1.165) is 11.3 Å². The van der Waals surface area contributed by atoms with E-state index in [0.29, 0.717) is 20.2 Å². The molecule has 1 heterocycles. The normalized spacial score (nSPS) is 11.4. The fourth-order valence-electron chi connectivity index (χ4n) is 1.78. The number of halogens is 2. The Kier molecular flexibility index (Phi) is 1.88. The monoisotopic (exact) mass is 236 g/mol. The minimum atomic E-state index is -0.682. The molecule has 3 aromatic rings. The van der Waals surface area contributed by atoms with Crippen LogP contribution >= 0.6 is 11.3 Å². The predicted molar refractivity (Wildman–Crippen MR) is 60.9 cm³/mol. The van der Waals surface area contributed by atoms with Crippen molar-refractivity contribution in [1.29, 1.82) is 0 Å². The molecule has 0 atom stereocenters. The third-order valence-electron chi connectivity index (χ3n) is 2.54. The minimum absolute atomic E-state index is 0.292. The number of thiophene rings is 1. The third kappa shape index (κ3) is 1.13. The van der Waals surface area contributed by atoms with Crippen molar-refractivity contribution in [2.45, 2.75) is 0 Å². The van der Waals surface area contributed by atoms with Crippen LogP contribution in [-0.4, -0.2) is 5.11 Å². The Labute approximate surface area is 93.6 Å². The molecule has 16 heavy (non-hydrogen) atoms. The maximum Gasteiger partial charge on any atom is 0.182 e. The highest BCUT2D eigenvalue weighted by Gasteiger charge is 2.13. The number of phenolic OH excluding ortho intramolecular Hbond substituents is 1. The van der Waals surface area contributed by atoms with Crippen LogP contribution in [0.25, 0.3) is 20.2 Å². The smallest absolute Gasteiger partial charge is 0.182 e. The van der Waals surface area contributed by atoms with E-state index in [1.54, 1.807) is 18.2 Å². The summed E-state index contributed by atoms with van der Waals surface area (Å²) in [5, 5.41) is 10.6. The molecule has 2 aromatic carbocycles. The first-order chi connectivity index (χ1) is 7.68. The van der Waals surface area contributed by atoms with Gasteiger partial charge in [-0.05, 0) is 18.2 Å². The number of aromatic hydroxyl groups is 1. The van der Waals surface area contributed by atoms with E-state index in [1.165, 1.54) is 12.1 Å². The topological polar surface area (TPSA) is 20.2 Å². The molecule has 0 spiro atoms. The van der Waals surface area contributed by atoms with Gasteiger partial charge in [0.05, 0.1) is 9.40 Å². The summed E-state index contributed by atoms with van der Waals surface area (Å²) in [5.41, 5.74) is 0. The molecule has 0 bridgehead atoms. The highest BCUT2D eigenvalue weighted by atomic mass is 32.1. The Morgan fingerprint density at radius 1 is 0.938 bits per heavy atom. The summed E-state index contributed by atoms with van der Waals surface area (Å²) in [6.07, 6.45) is 0. The summed E-state index contributed by atoms with van der Waals surface area (Å²) in [6.45, 7) is 0. The van der Waals surface area contributed by atoms with Gasteiger partial charge in [0.1, 0.15) is 5.82 Å². The second-order valence-corrected chi connectivity index (χ2v) is 4.51. The highest BCUT2D eigenvalue weighted by Crippen LogP contribution is 2.38. The van der Waals surface area contributed by atoms with Gasteiger partial charge < -0.3 is 5.11 Å². The van der Waals surface area contributed by atoms with Crippen molar-refractivity contribution in [3.05, 3.63) is 42.0 Å². The Hall–Kier alpha value is -1.68. The van der Waals surface area contributed by atoms with Crippen molar-refractivity contribution in [2.75, 3.05) is 0 Å². The highest BCUT2D eigenvalue weighted by molar-refractivity contribution is 7.25. The Balaban J connectivity index is 2.60. The summed E-state index contributed by atoms with van der Waals surface area (Å²) >= 11 is 1.02. The second kappa shape index (κ2) is 3.15. The summed E-state index contributed by atoms with van der Waals surface area (Å²) in [7, 11) is 0. The first-order valence-electron chi connectivity index (χ1n) is 4.66.